The molecule has 1 fully saturated rings. The molecule has 0 spiro atoms. The zero-order valence-corrected chi connectivity index (χ0v) is 10.7. The highest BCUT2D eigenvalue weighted by atomic mass is 35.5. The number of benzene rings is 2. The van der Waals surface area contributed by atoms with Crippen LogP contribution in [0.15, 0.2) is 48.5 Å². The van der Waals surface area contributed by atoms with Crippen molar-refractivity contribution in [1.82, 2.24) is 0 Å². The summed E-state index contributed by atoms with van der Waals surface area (Å²) < 4.78 is 0. The molecule has 0 atom stereocenters. The van der Waals surface area contributed by atoms with E-state index in [9.17, 15) is 0 Å². The van der Waals surface area contributed by atoms with Crippen LogP contribution in [-0.2, 0) is 6.42 Å². The van der Waals surface area contributed by atoms with Gasteiger partial charge < -0.3 is 0 Å². The molecule has 0 nitrogen and oxygen atoms in total. The van der Waals surface area contributed by atoms with Crippen LogP contribution in [0.25, 0.3) is 11.1 Å². The second-order valence-corrected chi connectivity index (χ2v) is 4.55. The van der Waals surface area contributed by atoms with Crippen molar-refractivity contribution in [3.05, 3.63) is 59.7 Å². The third-order valence-electron chi connectivity index (χ3n) is 3.06. The van der Waals surface area contributed by atoms with Crippen LogP contribution in [0, 0.1) is 0 Å². The van der Waals surface area contributed by atoms with Gasteiger partial charge in [-0.15, -0.1) is 12.4 Å². The summed E-state index contributed by atoms with van der Waals surface area (Å²) in [5.74, 6) is 0. The van der Waals surface area contributed by atoms with Gasteiger partial charge in [0.15, 0.2) is 0 Å². The van der Waals surface area contributed by atoms with Gasteiger partial charge in [0.25, 0.3) is 0 Å². The fraction of sp³-hybridized carbons (Fsp3) is 0.250. The van der Waals surface area contributed by atoms with E-state index in [4.69, 9.17) is 0 Å². The van der Waals surface area contributed by atoms with Gasteiger partial charge in [0, 0.05) is 0 Å². The maximum absolute atomic E-state index is 2.22. The molecule has 0 N–H and O–H groups in total. The maximum atomic E-state index is 2.22. The van der Waals surface area contributed by atoms with Crippen molar-refractivity contribution in [2.75, 3.05) is 0 Å². The molecule has 0 radical (unpaired) electrons. The molecule has 0 heterocycles. The summed E-state index contributed by atoms with van der Waals surface area (Å²) in [5.41, 5.74) is 5.75. The molecule has 4 rings (SSSR count). The van der Waals surface area contributed by atoms with E-state index >= 15 is 0 Å². The molecule has 2 aliphatic rings. The third kappa shape index (κ3) is 2.70. The van der Waals surface area contributed by atoms with E-state index in [0.29, 0.717) is 0 Å². The van der Waals surface area contributed by atoms with Crippen LogP contribution in [0.1, 0.15) is 30.4 Å². The molecule has 2 aromatic carbocycles. The van der Waals surface area contributed by atoms with E-state index in [-0.39, 0.29) is 12.4 Å². The molecule has 88 valence electrons. The van der Waals surface area contributed by atoms with Crippen molar-refractivity contribution >= 4 is 12.4 Å². The van der Waals surface area contributed by atoms with Gasteiger partial charge >= 0.3 is 0 Å². The highest BCUT2D eigenvalue weighted by Crippen LogP contribution is 2.35. The summed E-state index contributed by atoms with van der Waals surface area (Å²) in [7, 11) is 0. The Kier molecular flexibility index (Phi) is 3.86. The van der Waals surface area contributed by atoms with E-state index in [2.05, 4.69) is 48.5 Å². The van der Waals surface area contributed by atoms with Crippen molar-refractivity contribution in [1.29, 1.82) is 0 Å². The van der Waals surface area contributed by atoms with Gasteiger partial charge in [-0.2, -0.15) is 0 Å². The van der Waals surface area contributed by atoms with Crippen LogP contribution in [0.2, 0.25) is 0 Å². The minimum absolute atomic E-state index is 0. The minimum Gasteiger partial charge on any atom is -0.147 e. The number of fused-ring (bicyclic) bond motifs is 3. The normalized spacial score (nSPS) is 13.6. The average molecular weight is 245 g/mol. The number of rotatable bonds is 0. The van der Waals surface area contributed by atoms with Crippen molar-refractivity contribution in [2.45, 2.75) is 25.7 Å². The summed E-state index contributed by atoms with van der Waals surface area (Å²) >= 11 is 0. The van der Waals surface area contributed by atoms with Gasteiger partial charge in [-0.25, -0.2) is 0 Å². The van der Waals surface area contributed by atoms with Crippen LogP contribution in [0.4, 0.5) is 0 Å². The van der Waals surface area contributed by atoms with E-state index in [1.54, 1.807) is 0 Å². The SMILES string of the molecule is C1CC1.Cl.c1ccc2c(c1)Cc1ccccc1-2. The molecule has 0 bridgehead atoms. The largest absolute Gasteiger partial charge is 0.147 e. The van der Waals surface area contributed by atoms with Crippen molar-refractivity contribution in [2.24, 2.45) is 0 Å². The smallest absolute Gasteiger partial charge is 0.00135 e. The Morgan fingerprint density at radius 3 is 1.41 bits per heavy atom. The Morgan fingerprint density at radius 2 is 1.00 bits per heavy atom. The van der Waals surface area contributed by atoms with Gasteiger partial charge in [0.2, 0.25) is 0 Å². The summed E-state index contributed by atoms with van der Waals surface area (Å²) in [4.78, 5) is 0. The van der Waals surface area contributed by atoms with E-state index < -0.39 is 0 Å². The van der Waals surface area contributed by atoms with Crippen LogP contribution in [0.3, 0.4) is 0 Å². The van der Waals surface area contributed by atoms with Gasteiger partial charge in [0.05, 0.1) is 0 Å². The minimum atomic E-state index is 0. The molecule has 1 heteroatoms. The van der Waals surface area contributed by atoms with E-state index in [0.717, 1.165) is 6.42 Å². The molecule has 0 saturated heterocycles. The molecule has 2 aliphatic carbocycles. The molecular formula is C16H17Cl. The van der Waals surface area contributed by atoms with Crippen LogP contribution in [-0.4, -0.2) is 0 Å². The highest BCUT2D eigenvalue weighted by Gasteiger charge is 2.15. The van der Waals surface area contributed by atoms with Crippen molar-refractivity contribution < 1.29 is 0 Å². The highest BCUT2D eigenvalue weighted by molar-refractivity contribution is 5.85. The topological polar surface area (TPSA) is 0 Å². The Labute approximate surface area is 109 Å². The van der Waals surface area contributed by atoms with Crippen molar-refractivity contribution in [3.63, 3.8) is 0 Å². The predicted octanol–water partition coefficient (Wildman–Crippen LogP) is 4.85. The Bertz CT molecular complexity index is 454. The first-order chi connectivity index (χ1) is 7.95. The fourth-order valence-corrected chi connectivity index (χ4v) is 2.08. The fourth-order valence-electron chi connectivity index (χ4n) is 2.08. The summed E-state index contributed by atoms with van der Waals surface area (Å²) in [6, 6.07) is 17.3. The molecule has 0 unspecified atom stereocenters. The molecule has 0 aromatic heterocycles. The predicted molar refractivity (Wildman–Crippen MR) is 75.8 cm³/mol. The molecule has 17 heavy (non-hydrogen) atoms. The first kappa shape index (κ1) is 12.2. The van der Waals surface area contributed by atoms with Gasteiger partial charge in [-0.3, -0.25) is 0 Å². The van der Waals surface area contributed by atoms with Crippen molar-refractivity contribution in [3.8, 4) is 11.1 Å². The van der Waals surface area contributed by atoms with E-state index in [1.807, 2.05) is 0 Å². The lowest BCUT2D eigenvalue weighted by molar-refractivity contribution is 1.26. The lowest BCUT2D eigenvalue weighted by atomic mass is 10.1. The van der Waals surface area contributed by atoms with Gasteiger partial charge in [-0.1, -0.05) is 67.8 Å². The first-order valence-electron chi connectivity index (χ1n) is 6.11. The second-order valence-electron chi connectivity index (χ2n) is 4.55. The lowest BCUT2D eigenvalue weighted by Crippen LogP contribution is -1.77. The molecule has 0 amide bonds. The molecule has 1 saturated carbocycles. The molecular weight excluding hydrogens is 228 g/mol. The van der Waals surface area contributed by atoms with Gasteiger partial charge in [-0.05, 0) is 28.7 Å². The molecule has 2 aromatic rings. The summed E-state index contributed by atoms with van der Waals surface area (Å²) in [6.45, 7) is 0. The summed E-state index contributed by atoms with van der Waals surface area (Å²) in [6.07, 6.45) is 5.60. The quantitative estimate of drug-likeness (QED) is 0.530. The molecule has 0 aliphatic heterocycles. The summed E-state index contributed by atoms with van der Waals surface area (Å²) in [5, 5.41) is 0. The van der Waals surface area contributed by atoms with E-state index in [1.165, 1.54) is 41.5 Å². The van der Waals surface area contributed by atoms with Gasteiger partial charge in [0.1, 0.15) is 0 Å². The average Bonchev–Trinajstić information content (AvgIpc) is 3.16. The maximum Gasteiger partial charge on any atom is -0.00135 e. The third-order valence-corrected chi connectivity index (χ3v) is 3.06. The van der Waals surface area contributed by atoms with Crippen LogP contribution >= 0.6 is 12.4 Å². The Balaban J connectivity index is 0.000000238. The number of halogens is 1. The monoisotopic (exact) mass is 244 g/mol. The second kappa shape index (κ2) is 5.37. The van der Waals surface area contributed by atoms with Crippen LogP contribution < -0.4 is 0 Å². The standard InChI is InChI=1S/C13H10.C3H6.ClH/c1-3-7-12-10(5-1)9-11-6-2-4-8-13(11)12;1-2-3-1;/h1-8H,9H2;1-3H2;1H. The Morgan fingerprint density at radius 1 is 0.588 bits per heavy atom. The number of hydrogen-bond donors (Lipinski definition) is 0. The lowest BCUT2D eigenvalue weighted by Gasteiger charge is -1.98. The Hall–Kier alpha value is -1.27. The first-order valence-corrected chi connectivity index (χ1v) is 6.11. The number of hydrogen-bond acceptors (Lipinski definition) is 0. The zero-order valence-electron chi connectivity index (χ0n) is 9.86. The van der Waals surface area contributed by atoms with Crippen LogP contribution in [0.5, 0.6) is 0 Å². The zero-order chi connectivity index (χ0) is 10.8.